The number of nitrogens with two attached hydrogens (primary N) is 1. The molecule has 0 amide bonds. The van der Waals surface area contributed by atoms with Crippen LogP contribution in [0.5, 0.6) is 0 Å². The number of nitrogens with one attached hydrogen (secondary N) is 6. The Labute approximate surface area is 666 Å². The van der Waals surface area contributed by atoms with Gasteiger partial charge in [0.25, 0.3) is 22.2 Å². The van der Waals surface area contributed by atoms with Gasteiger partial charge in [0, 0.05) is 84.4 Å². The van der Waals surface area contributed by atoms with Crippen molar-refractivity contribution in [2.24, 2.45) is 18.7 Å². The van der Waals surface area contributed by atoms with Crippen LogP contribution in [0.15, 0.2) is 160 Å². The highest BCUT2D eigenvalue weighted by molar-refractivity contribution is 5.84. The second-order valence-corrected chi connectivity index (χ2v) is 30.4. The van der Waals surface area contributed by atoms with Crippen LogP contribution in [0.2, 0.25) is 0 Å². The van der Waals surface area contributed by atoms with Crippen LogP contribution in [-0.4, -0.2) is 151 Å². The van der Waals surface area contributed by atoms with Crippen molar-refractivity contribution in [1.82, 2.24) is 103 Å². The number of H-pyrrole nitrogens is 4. The van der Waals surface area contributed by atoms with Crippen molar-refractivity contribution in [3.63, 3.8) is 0 Å². The van der Waals surface area contributed by atoms with Gasteiger partial charge in [-0.2, -0.15) is 19.9 Å². The molecule has 0 atom stereocenters. The molecule has 10 aliphatic heterocycles. The van der Waals surface area contributed by atoms with Crippen molar-refractivity contribution in [3.8, 4) is 57.2 Å². The zero-order valence-electron chi connectivity index (χ0n) is 66.8. The summed E-state index contributed by atoms with van der Waals surface area (Å²) >= 11 is 0. The molecule has 7 aromatic rings. The first-order valence-electron chi connectivity index (χ1n) is 39.4. The molecule has 11 heterocycles. The van der Waals surface area contributed by atoms with Crippen molar-refractivity contribution in [3.05, 3.63) is 261 Å². The summed E-state index contributed by atoms with van der Waals surface area (Å²) in [7, 11) is 2.01. The fourth-order valence-electron chi connectivity index (χ4n) is 15.3. The lowest BCUT2D eigenvalue weighted by molar-refractivity contribution is 0.175. The van der Waals surface area contributed by atoms with Gasteiger partial charge < -0.3 is 49.0 Å². The van der Waals surface area contributed by atoms with E-state index >= 15 is 0 Å². The number of aryl methyl sites for hydroxylation is 9. The molecule has 0 bridgehead atoms. The molecule has 8 N–H and O–H groups in total. The average molecular weight is 1570 g/mol. The second-order valence-electron chi connectivity index (χ2n) is 30.4. The van der Waals surface area contributed by atoms with Gasteiger partial charge >= 0.3 is 22.8 Å². The van der Waals surface area contributed by atoms with Crippen LogP contribution in [-0.2, 0) is 46.3 Å². The van der Waals surface area contributed by atoms with E-state index in [2.05, 4.69) is 146 Å². The summed E-state index contributed by atoms with van der Waals surface area (Å²) < 4.78 is 9.82. The number of likely N-dealkylation sites (tertiary alicyclic amines) is 2. The predicted octanol–water partition coefficient (Wildman–Crippen LogP) is 7.55. The zero-order valence-corrected chi connectivity index (χ0v) is 66.8. The Hall–Kier alpha value is -12.5. The lowest BCUT2D eigenvalue weighted by Gasteiger charge is -2.32. The molecular weight excluding hydrogens is 1470 g/mol. The highest BCUT2D eigenvalue weighted by Gasteiger charge is 2.26. The van der Waals surface area contributed by atoms with Crippen molar-refractivity contribution >= 4 is 44.1 Å². The molecule has 116 heavy (non-hydrogen) atoms. The molecule has 6 aromatic carbocycles. The average Bonchev–Trinajstić information content (AvgIpc) is 0.911. The van der Waals surface area contributed by atoms with Gasteiger partial charge in [0.05, 0.1) is 44.1 Å². The number of rotatable bonds is 19. The number of aromatic nitrogens is 17. The van der Waals surface area contributed by atoms with E-state index in [9.17, 15) is 38.4 Å². The highest BCUT2D eigenvalue weighted by atomic mass is 16.2. The molecule has 17 rings (SSSR count). The molecule has 10 aliphatic rings. The van der Waals surface area contributed by atoms with Crippen LogP contribution in [0.25, 0.3) is 101 Å². The Morgan fingerprint density at radius 2 is 0.733 bits per heavy atom. The van der Waals surface area contributed by atoms with E-state index in [0.29, 0.717) is 80.1 Å². The molecular formula is C86H96N22O8. The third kappa shape index (κ3) is 17.9. The van der Waals surface area contributed by atoms with E-state index < -0.39 is 45.0 Å². The number of hydrogen-bond donors (Lipinski definition) is 7. The molecule has 598 valence electrons. The Morgan fingerprint density at radius 1 is 0.388 bits per heavy atom. The topological polar surface area (TPSA) is 384 Å². The lowest BCUT2D eigenvalue weighted by atomic mass is 9.94. The van der Waals surface area contributed by atoms with E-state index in [-0.39, 0.29) is 22.8 Å². The van der Waals surface area contributed by atoms with Gasteiger partial charge in [-0.1, -0.05) is 54.6 Å². The van der Waals surface area contributed by atoms with Crippen molar-refractivity contribution in [2.75, 3.05) is 58.9 Å². The molecule has 0 saturated carbocycles. The standard InChI is InChI=1S/C27H25N5O2.C21H28N6O2.C20H22N6O2.C18H21N5O2/c1-17-14-22-23(15-18(17)2)32(25-24(29-22)26(33)31-27(34)30-25)13-12-28-16-19-8-10-21(11-9-19)20-6-4-3-5-7-20;1-13-11-16-17(12-14(13)2)27(19-18(23-16)20(28)25-21(29)24-19)10-9-26-7-4-15(3-6-22)5-8-26;1-12-9-15-16(10-13(12)2)26(8-6-21-11-14-5-4-7-25(14)3)18-17(22-15)19(27)24-20(28)23-18;1-11-9-13-14(10-12(11)2)23(8-7-22-5-3-4-6-22)16-15(19-13)17(24)21-18(25)20-16/h3-11,14-15,28H,12-13,16H2,1-2H3,(H,31,33,34);11-12,15H,3-10,22H2,1-2H3,(H,25,28,29);4-5,7,9-10,21H,6,8,11H2,1-3H3,(H,24,27,28);9-10H,3-8H2,1-2H3,(H,21,24,25). The number of nitrogens with zero attached hydrogens (tertiary/aromatic N) is 15. The maximum absolute atomic E-state index is 12.4. The number of aromatic amines is 4. The van der Waals surface area contributed by atoms with Crippen molar-refractivity contribution in [1.29, 1.82) is 0 Å². The van der Waals surface area contributed by atoms with Gasteiger partial charge in [0.1, 0.15) is 0 Å². The fraction of sp³-hybridized carbons (Fsp3) is 0.349. The number of piperidine rings is 1. The van der Waals surface area contributed by atoms with Gasteiger partial charge in [0.2, 0.25) is 0 Å². The van der Waals surface area contributed by atoms with Crippen LogP contribution in [0, 0.1) is 61.3 Å². The van der Waals surface area contributed by atoms with E-state index in [1.54, 1.807) is 0 Å². The lowest BCUT2D eigenvalue weighted by Crippen LogP contribution is -2.37. The number of hydrogen-bond acceptors (Lipinski definition) is 21. The van der Waals surface area contributed by atoms with E-state index in [1.807, 2.05) is 141 Å². The molecule has 1 aromatic heterocycles. The van der Waals surface area contributed by atoms with Crippen LogP contribution in [0.1, 0.15) is 87.9 Å². The first kappa shape index (κ1) is 80.1. The normalized spacial score (nSPS) is 13.5. The molecule has 2 saturated heterocycles. The summed E-state index contributed by atoms with van der Waals surface area (Å²) in [6.07, 6.45) is 7.89. The Balaban J connectivity index is 0.000000128. The minimum Gasteiger partial charge on any atom is -0.353 e. The van der Waals surface area contributed by atoms with Crippen molar-refractivity contribution in [2.45, 2.75) is 127 Å². The Morgan fingerprint density at radius 3 is 1.09 bits per heavy atom. The van der Waals surface area contributed by atoms with Gasteiger partial charge in [-0.05, 0) is 248 Å². The SMILES string of the molecule is Cc1cc2nc3c(=O)[nH]c(=O)nc-3n(CCN3CCC(CCN)CC3)c2cc1C.Cc1cc2nc3c(=O)[nH]c(=O)nc-3n(CCN3CCCC3)c2cc1C.Cc1cc2nc3c(=O)[nH]c(=O)nc-3n(CCNCc3ccc(-c4ccccc4)cc3)c2cc1C.Cc1cc2nc3c(=O)[nH]c(=O)nc-3n(CCNCc3cccn3C)c2cc1C. The van der Waals surface area contributed by atoms with Gasteiger partial charge in [-0.3, -0.25) is 39.1 Å². The summed E-state index contributed by atoms with van der Waals surface area (Å²) in [5.41, 5.74) is 22.0. The van der Waals surface area contributed by atoms with Crippen LogP contribution in [0.4, 0.5) is 0 Å². The van der Waals surface area contributed by atoms with Crippen LogP contribution >= 0.6 is 0 Å². The molecule has 0 aliphatic carbocycles. The van der Waals surface area contributed by atoms with Crippen molar-refractivity contribution < 1.29 is 0 Å². The molecule has 2 fully saturated rings. The zero-order chi connectivity index (χ0) is 81.6. The smallest absolute Gasteiger partial charge is 0.349 e. The third-order valence-electron chi connectivity index (χ3n) is 22.4. The van der Waals surface area contributed by atoms with Gasteiger partial charge in [-0.25, -0.2) is 39.1 Å². The minimum absolute atomic E-state index is 0.173. The maximum atomic E-state index is 12.4. The predicted molar refractivity (Wildman–Crippen MR) is 451 cm³/mol. The van der Waals surface area contributed by atoms with E-state index in [0.717, 1.165) is 142 Å². The van der Waals surface area contributed by atoms with E-state index in [1.165, 1.54) is 48.1 Å². The summed E-state index contributed by atoms with van der Waals surface area (Å²) in [4.78, 5) is 145. The Bertz CT molecular complexity index is 6500. The monoisotopic (exact) mass is 1560 g/mol. The quantitative estimate of drug-likeness (QED) is 0.0303. The maximum Gasteiger partial charge on any atom is 0.349 e. The fourth-order valence-corrected chi connectivity index (χ4v) is 15.3. The number of benzene rings is 6. The highest BCUT2D eigenvalue weighted by Crippen LogP contribution is 2.30. The largest absolute Gasteiger partial charge is 0.353 e. The molecule has 0 spiro atoms. The molecule has 30 nitrogen and oxygen atoms in total. The molecule has 0 radical (unpaired) electrons. The first-order chi connectivity index (χ1) is 55.9. The molecule has 0 unspecified atom stereocenters. The summed E-state index contributed by atoms with van der Waals surface area (Å²) in [5.74, 6) is 2.06. The summed E-state index contributed by atoms with van der Waals surface area (Å²) in [6.45, 7) is 28.1. The van der Waals surface area contributed by atoms with Crippen LogP contribution in [0.3, 0.4) is 0 Å². The number of fused-ring (bicyclic) bond motifs is 8. The third-order valence-corrected chi connectivity index (χ3v) is 22.4. The van der Waals surface area contributed by atoms with Gasteiger partial charge in [-0.15, -0.1) is 0 Å². The summed E-state index contributed by atoms with van der Waals surface area (Å²) in [5, 5.41) is 6.87. The minimum atomic E-state index is -0.664. The Kier molecular flexibility index (Phi) is 24.2. The van der Waals surface area contributed by atoms with Gasteiger partial charge in [0.15, 0.2) is 46.1 Å². The summed E-state index contributed by atoms with van der Waals surface area (Å²) in [6, 6.07) is 39.0. The second kappa shape index (κ2) is 35.1. The van der Waals surface area contributed by atoms with Crippen LogP contribution < -0.4 is 61.4 Å². The molecule has 30 heteroatoms. The first-order valence-corrected chi connectivity index (χ1v) is 39.4. The van der Waals surface area contributed by atoms with E-state index in [4.69, 9.17) is 5.73 Å².